The average molecular weight is 273 g/mol. The van der Waals surface area contributed by atoms with Gasteiger partial charge < -0.3 is 9.67 Å². The fourth-order valence-electron chi connectivity index (χ4n) is 2.12. The van der Waals surface area contributed by atoms with Crippen molar-refractivity contribution in [3.63, 3.8) is 0 Å². The van der Waals surface area contributed by atoms with Crippen molar-refractivity contribution in [3.8, 4) is 0 Å². The van der Waals surface area contributed by atoms with Gasteiger partial charge in [0.25, 0.3) is 10.0 Å². The largest absolute Gasteiger partial charge is 0.393 e. The SMILES string of the molecule is CCn1cnc(S(=O)(=O)N(C)CC2CC(O)C2)c1. The zero-order valence-corrected chi connectivity index (χ0v) is 11.5. The molecule has 1 aromatic heterocycles. The molecular formula is C11H19N3O3S. The van der Waals surface area contributed by atoms with Gasteiger partial charge in [0.1, 0.15) is 0 Å². The van der Waals surface area contributed by atoms with Crippen LogP contribution in [0.1, 0.15) is 19.8 Å². The summed E-state index contributed by atoms with van der Waals surface area (Å²) in [5, 5.41) is 9.29. The number of imidazole rings is 1. The Morgan fingerprint density at radius 1 is 1.56 bits per heavy atom. The van der Waals surface area contributed by atoms with E-state index in [2.05, 4.69) is 4.98 Å². The van der Waals surface area contributed by atoms with E-state index in [1.165, 1.54) is 10.6 Å². The highest BCUT2D eigenvalue weighted by Crippen LogP contribution is 2.28. The number of aliphatic hydroxyl groups excluding tert-OH is 1. The first-order valence-electron chi connectivity index (χ1n) is 6.09. The highest BCUT2D eigenvalue weighted by Gasteiger charge is 2.32. The molecular weight excluding hydrogens is 254 g/mol. The monoisotopic (exact) mass is 273 g/mol. The van der Waals surface area contributed by atoms with Gasteiger partial charge in [-0.2, -0.15) is 4.31 Å². The Morgan fingerprint density at radius 2 is 2.22 bits per heavy atom. The van der Waals surface area contributed by atoms with Gasteiger partial charge in [-0.1, -0.05) is 0 Å². The minimum atomic E-state index is -3.50. The van der Waals surface area contributed by atoms with E-state index in [9.17, 15) is 13.5 Å². The molecule has 0 saturated heterocycles. The third-order valence-electron chi connectivity index (χ3n) is 3.38. The number of sulfonamides is 1. The maximum absolute atomic E-state index is 12.2. The zero-order valence-electron chi connectivity index (χ0n) is 10.7. The summed E-state index contributed by atoms with van der Waals surface area (Å²) in [6.07, 6.45) is 4.17. The van der Waals surface area contributed by atoms with Crippen LogP contribution in [0.15, 0.2) is 17.6 Å². The summed E-state index contributed by atoms with van der Waals surface area (Å²) in [5.41, 5.74) is 0. The van der Waals surface area contributed by atoms with Crippen molar-refractivity contribution in [1.29, 1.82) is 0 Å². The molecule has 0 spiro atoms. The van der Waals surface area contributed by atoms with Gasteiger partial charge in [-0.25, -0.2) is 13.4 Å². The molecule has 0 aliphatic heterocycles. The molecule has 7 heteroatoms. The molecule has 1 aliphatic carbocycles. The predicted molar refractivity (Wildman–Crippen MR) is 66.4 cm³/mol. The van der Waals surface area contributed by atoms with E-state index < -0.39 is 10.0 Å². The fraction of sp³-hybridized carbons (Fsp3) is 0.727. The van der Waals surface area contributed by atoms with Gasteiger partial charge in [0.15, 0.2) is 5.03 Å². The van der Waals surface area contributed by atoms with E-state index in [0.29, 0.717) is 25.9 Å². The highest BCUT2D eigenvalue weighted by molar-refractivity contribution is 7.89. The molecule has 1 N–H and O–H groups in total. The minimum absolute atomic E-state index is 0.0896. The van der Waals surface area contributed by atoms with Crippen molar-refractivity contribution in [3.05, 3.63) is 12.5 Å². The third kappa shape index (κ3) is 2.57. The van der Waals surface area contributed by atoms with E-state index in [0.717, 1.165) is 0 Å². The Bertz CT molecular complexity index is 505. The van der Waals surface area contributed by atoms with Crippen molar-refractivity contribution < 1.29 is 13.5 Å². The van der Waals surface area contributed by atoms with Gasteiger partial charge in [0.2, 0.25) is 0 Å². The quantitative estimate of drug-likeness (QED) is 0.837. The lowest BCUT2D eigenvalue weighted by molar-refractivity contribution is 0.0367. The van der Waals surface area contributed by atoms with Crippen LogP contribution in [-0.2, 0) is 16.6 Å². The Labute approximate surface area is 107 Å². The van der Waals surface area contributed by atoms with Crippen LogP contribution in [0.3, 0.4) is 0 Å². The zero-order chi connectivity index (χ0) is 13.3. The topological polar surface area (TPSA) is 75.4 Å². The van der Waals surface area contributed by atoms with Gasteiger partial charge in [-0.15, -0.1) is 0 Å². The summed E-state index contributed by atoms with van der Waals surface area (Å²) in [7, 11) is -1.94. The number of hydrogen-bond acceptors (Lipinski definition) is 4. The first-order valence-corrected chi connectivity index (χ1v) is 7.53. The van der Waals surface area contributed by atoms with Gasteiger partial charge in [0.05, 0.1) is 12.4 Å². The molecule has 6 nitrogen and oxygen atoms in total. The molecule has 1 fully saturated rings. The third-order valence-corrected chi connectivity index (χ3v) is 5.08. The van der Waals surface area contributed by atoms with Crippen LogP contribution in [0, 0.1) is 5.92 Å². The van der Waals surface area contributed by atoms with Crippen molar-refractivity contribution in [2.45, 2.75) is 37.4 Å². The van der Waals surface area contributed by atoms with E-state index in [1.54, 1.807) is 17.8 Å². The number of aromatic nitrogens is 2. The van der Waals surface area contributed by atoms with Crippen LogP contribution in [0.2, 0.25) is 0 Å². The van der Waals surface area contributed by atoms with Gasteiger partial charge in [-0.05, 0) is 25.7 Å². The maximum Gasteiger partial charge on any atom is 0.261 e. The fourth-order valence-corrected chi connectivity index (χ4v) is 3.29. The lowest BCUT2D eigenvalue weighted by Gasteiger charge is -2.33. The summed E-state index contributed by atoms with van der Waals surface area (Å²) in [5.74, 6) is 0.257. The van der Waals surface area contributed by atoms with Crippen molar-refractivity contribution in [2.75, 3.05) is 13.6 Å². The van der Waals surface area contributed by atoms with Gasteiger partial charge in [-0.3, -0.25) is 0 Å². The molecule has 0 atom stereocenters. The van der Waals surface area contributed by atoms with Gasteiger partial charge in [0, 0.05) is 26.3 Å². The second kappa shape index (κ2) is 4.99. The summed E-state index contributed by atoms with van der Waals surface area (Å²) < 4.78 is 27.5. The maximum atomic E-state index is 12.2. The molecule has 0 aromatic carbocycles. The van der Waals surface area contributed by atoms with Crippen molar-refractivity contribution in [1.82, 2.24) is 13.9 Å². The second-order valence-corrected chi connectivity index (χ2v) is 6.81. The molecule has 18 heavy (non-hydrogen) atoms. The number of aliphatic hydroxyl groups is 1. The number of nitrogens with zero attached hydrogens (tertiary/aromatic N) is 3. The second-order valence-electron chi connectivity index (χ2n) is 4.82. The molecule has 0 amide bonds. The molecule has 0 unspecified atom stereocenters. The van der Waals surface area contributed by atoms with Gasteiger partial charge >= 0.3 is 0 Å². The Morgan fingerprint density at radius 3 is 2.72 bits per heavy atom. The lowest BCUT2D eigenvalue weighted by atomic mass is 9.82. The van der Waals surface area contributed by atoms with E-state index in [1.807, 2.05) is 6.92 Å². The first-order chi connectivity index (χ1) is 8.43. The van der Waals surface area contributed by atoms with Crippen molar-refractivity contribution >= 4 is 10.0 Å². The van der Waals surface area contributed by atoms with E-state index >= 15 is 0 Å². The number of aryl methyl sites for hydroxylation is 1. The molecule has 1 aromatic rings. The van der Waals surface area contributed by atoms with Crippen LogP contribution >= 0.6 is 0 Å². The molecule has 0 radical (unpaired) electrons. The van der Waals surface area contributed by atoms with E-state index in [-0.39, 0.29) is 17.0 Å². The Hall–Kier alpha value is -0.920. The number of hydrogen-bond donors (Lipinski definition) is 1. The lowest BCUT2D eigenvalue weighted by Crippen LogP contribution is -2.39. The van der Waals surface area contributed by atoms with Crippen LogP contribution in [0.4, 0.5) is 0 Å². The van der Waals surface area contributed by atoms with Crippen LogP contribution in [0.25, 0.3) is 0 Å². The highest BCUT2D eigenvalue weighted by atomic mass is 32.2. The molecule has 0 bridgehead atoms. The standard InChI is InChI=1S/C11H19N3O3S/c1-3-14-7-11(12-8-14)18(16,17)13(2)6-9-4-10(15)5-9/h7-10,15H,3-6H2,1-2H3. The minimum Gasteiger partial charge on any atom is -0.393 e. The average Bonchev–Trinajstić information content (AvgIpc) is 2.75. The molecule has 2 rings (SSSR count). The van der Waals surface area contributed by atoms with Crippen LogP contribution in [0.5, 0.6) is 0 Å². The molecule has 1 aliphatic rings. The smallest absolute Gasteiger partial charge is 0.261 e. The normalized spacial score (nSPS) is 24.2. The Balaban J connectivity index is 2.05. The van der Waals surface area contributed by atoms with Crippen molar-refractivity contribution in [2.24, 2.45) is 5.92 Å². The van der Waals surface area contributed by atoms with E-state index in [4.69, 9.17) is 0 Å². The van der Waals surface area contributed by atoms with Crippen LogP contribution < -0.4 is 0 Å². The summed E-state index contributed by atoms with van der Waals surface area (Å²) in [6, 6.07) is 0. The summed E-state index contributed by atoms with van der Waals surface area (Å²) >= 11 is 0. The predicted octanol–water partition coefficient (Wildman–Crippen LogP) is 0.294. The molecule has 1 saturated carbocycles. The summed E-state index contributed by atoms with van der Waals surface area (Å²) in [4.78, 5) is 3.93. The molecule has 102 valence electrons. The number of rotatable bonds is 5. The Kier molecular flexibility index (Phi) is 3.74. The first kappa shape index (κ1) is 13.5. The molecule has 1 heterocycles. The summed E-state index contributed by atoms with van der Waals surface area (Å²) in [6.45, 7) is 3.07. The van der Waals surface area contributed by atoms with Crippen LogP contribution in [-0.4, -0.2) is 47.1 Å².